The van der Waals surface area contributed by atoms with Crippen molar-refractivity contribution in [3.05, 3.63) is 70.6 Å². The van der Waals surface area contributed by atoms with Gasteiger partial charge in [0.25, 0.3) is 5.56 Å². The third-order valence-electron chi connectivity index (χ3n) is 4.13. The molecule has 2 heterocycles. The van der Waals surface area contributed by atoms with Crippen LogP contribution in [0.3, 0.4) is 0 Å². The maximum absolute atomic E-state index is 12.2. The zero-order chi connectivity index (χ0) is 21.8. The number of anilines is 1. The standard InChI is InChI=1S/C20H16N2O8/c23-17(24)10-21(11-18(25)26)12-2-1-3-14(8-12)30-15-6-7-22-13(9-15)4-5-16(19(22)27)20(28)29/h1-9H,10-11H2,(H,23,24)(H,25,26)(H,28,29). The number of nitrogens with zero attached hydrogens (tertiary/aromatic N) is 2. The van der Waals surface area contributed by atoms with Crippen LogP contribution in [0, 0.1) is 0 Å². The molecule has 0 atom stereocenters. The van der Waals surface area contributed by atoms with Gasteiger partial charge >= 0.3 is 17.9 Å². The van der Waals surface area contributed by atoms with Crippen LogP contribution in [0.25, 0.3) is 5.52 Å². The predicted molar refractivity (Wildman–Crippen MR) is 105 cm³/mol. The summed E-state index contributed by atoms with van der Waals surface area (Å²) in [6, 6.07) is 11.9. The molecule has 0 saturated carbocycles. The van der Waals surface area contributed by atoms with Crippen LogP contribution in [-0.2, 0) is 9.59 Å². The van der Waals surface area contributed by atoms with E-state index in [2.05, 4.69) is 0 Å². The van der Waals surface area contributed by atoms with E-state index in [4.69, 9.17) is 20.1 Å². The monoisotopic (exact) mass is 412 g/mol. The maximum Gasteiger partial charge on any atom is 0.341 e. The number of hydrogen-bond acceptors (Lipinski definition) is 6. The molecule has 0 aliphatic carbocycles. The van der Waals surface area contributed by atoms with E-state index in [0.717, 1.165) is 0 Å². The van der Waals surface area contributed by atoms with Crippen LogP contribution in [0.5, 0.6) is 11.5 Å². The fourth-order valence-corrected chi connectivity index (χ4v) is 2.85. The van der Waals surface area contributed by atoms with Crippen LogP contribution >= 0.6 is 0 Å². The smallest absolute Gasteiger partial charge is 0.341 e. The van der Waals surface area contributed by atoms with Crippen LogP contribution in [0.4, 0.5) is 5.69 Å². The molecule has 0 bridgehead atoms. The van der Waals surface area contributed by atoms with Crippen molar-refractivity contribution in [1.29, 1.82) is 0 Å². The highest BCUT2D eigenvalue weighted by molar-refractivity contribution is 5.87. The molecule has 0 fully saturated rings. The van der Waals surface area contributed by atoms with Gasteiger partial charge in [0.2, 0.25) is 0 Å². The second-order valence-corrected chi connectivity index (χ2v) is 6.26. The summed E-state index contributed by atoms with van der Waals surface area (Å²) in [6.45, 7) is -0.999. The molecule has 0 aliphatic rings. The van der Waals surface area contributed by atoms with E-state index >= 15 is 0 Å². The zero-order valence-electron chi connectivity index (χ0n) is 15.4. The number of pyridine rings is 2. The average Bonchev–Trinajstić information content (AvgIpc) is 2.67. The van der Waals surface area contributed by atoms with Gasteiger partial charge in [-0.3, -0.25) is 18.8 Å². The number of carboxylic acids is 3. The molecule has 3 aromatic rings. The number of aromatic nitrogens is 1. The number of hydrogen-bond donors (Lipinski definition) is 3. The second-order valence-electron chi connectivity index (χ2n) is 6.26. The predicted octanol–water partition coefficient (Wildman–Crippen LogP) is 1.77. The van der Waals surface area contributed by atoms with Crippen LogP contribution in [0.1, 0.15) is 10.4 Å². The molecule has 10 heteroatoms. The molecule has 30 heavy (non-hydrogen) atoms. The van der Waals surface area contributed by atoms with E-state index in [1.165, 1.54) is 45.8 Å². The summed E-state index contributed by atoms with van der Waals surface area (Å²) < 4.78 is 6.93. The highest BCUT2D eigenvalue weighted by atomic mass is 16.5. The Labute approximate surface area is 168 Å². The third-order valence-corrected chi connectivity index (χ3v) is 4.13. The van der Waals surface area contributed by atoms with Crippen molar-refractivity contribution in [3.8, 4) is 11.5 Å². The lowest BCUT2D eigenvalue weighted by molar-refractivity contribution is -0.136. The molecule has 10 nitrogen and oxygen atoms in total. The van der Waals surface area contributed by atoms with Crippen molar-refractivity contribution in [2.45, 2.75) is 0 Å². The Hall–Kier alpha value is -4.34. The van der Waals surface area contributed by atoms with Crippen molar-refractivity contribution in [3.63, 3.8) is 0 Å². The minimum Gasteiger partial charge on any atom is -0.480 e. The molecule has 0 radical (unpaired) electrons. The van der Waals surface area contributed by atoms with Crippen LogP contribution in [-0.4, -0.2) is 50.7 Å². The number of fused-ring (bicyclic) bond motifs is 1. The molecule has 3 rings (SSSR count). The average molecular weight is 412 g/mol. The Bertz CT molecular complexity index is 1180. The number of aromatic carboxylic acids is 1. The van der Waals surface area contributed by atoms with E-state index in [-0.39, 0.29) is 5.56 Å². The third kappa shape index (κ3) is 4.55. The highest BCUT2D eigenvalue weighted by Gasteiger charge is 2.15. The van der Waals surface area contributed by atoms with Gasteiger partial charge in [0.15, 0.2) is 0 Å². The number of aliphatic carboxylic acids is 2. The van der Waals surface area contributed by atoms with E-state index in [9.17, 15) is 19.2 Å². The molecular formula is C20H16N2O8. The first-order valence-electron chi connectivity index (χ1n) is 8.60. The van der Waals surface area contributed by atoms with Gasteiger partial charge in [-0.2, -0.15) is 0 Å². The molecule has 3 N–H and O–H groups in total. The fraction of sp³-hybridized carbons (Fsp3) is 0.100. The largest absolute Gasteiger partial charge is 0.480 e. The topological polar surface area (TPSA) is 146 Å². The molecule has 1 aromatic carbocycles. The molecule has 0 saturated heterocycles. The highest BCUT2D eigenvalue weighted by Crippen LogP contribution is 2.26. The molecule has 2 aromatic heterocycles. The van der Waals surface area contributed by atoms with Crippen molar-refractivity contribution < 1.29 is 34.4 Å². The van der Waals surface area contributed by atoms with Crippen molar-refractivity contribution >= 4 is 29.1 Å². The van der Waals surface area contributed by atoms with Crippen molar-refractivity contribution in [2.75, 3.05) is 18.0 Å². The number of rotatable bonds is 8. The Kier molecular flexibility index (Phi) is 5.68. The molecule has 0 aliphatic heterocycles. The SMILES string of the molecule is O=C(O)CN(CC(=O)O)c1cccc(Oc2ccn3c(=O)c(C(=O)O)ccc3c2)c1. The van der Waals surface area contributed by atoms with Crippen LogP contribution < -0.4 is 15.2 Å². The van der Waals surface area contributed by atoms with E-state index < -0.39 is 36.6 Å². The summed E-state index contributed by atoms with van der Waals surface area (Å²) in [6.07, 6.45) is 1.38. The van der Waals surface area contributed by atoms with Gasteiger partial charge in [0.05, 0.1) is 5.52 Å². The summed E-state index contributed by atoms with van der Waals surface area (Å²) in [4.78, 5) is 46.5. The van der Waals surface area contributed by atoms with Crippen LogP contribution in [0.15, 0.2) is 59.5 Å². The summed E-state index contributed by atoms with van der Waals surface area (Å²) in [5.41, 5.74) is -0.269. The zero-order valence-corrected chi connectivity index (χ0v) is 15.4. The minimum atomic E-state index is -1.32. The molecule has 0 unspecified atom stereocenters. The Morgan fingerprint density at radius 3 is 2.20 bits per heavy atom. The quantitative estimate of drug-likeness (QED) is 0.504. The van der Waals surface area contributed by atoms with Crippen LogP contribution in [0.2, 0.25) is 0 Å². The van der Waals surface area contributed by atoms with E-state index in [0.29, 0.717) is 22.7 Å². The van der Waals surface area contributed by atoms with E-state index in [1.807, 2.05) is 0 Å². The Morgan fingerprint density at radius 2 is 1.57 bits per heavy atom. The van der Waals surface area contributed by atoms with E-state index in [1.54, 1.807) is 18.2 Å². The van der Waals surface area contributed by atoms with Crippen molar-refractivity contribution in [2.24, 2.45) is 0 Å². The van der Waals surface area contributed by atoms with Gasteiger partial charge in [0, 0.05) is 24.0 Å². The summed E-state index contributed by atoms with van der Waals surface area (Å²) >= 11 is 0. The molecule has 154 valence electrons. The van der Waals surface area contributed by atoms with Gasteiger partial charge < -0.3 is 25.0 Å². The van der Waals surface area contributed by atoms with Gasteiger partial charge in [-0.1, -0.05) is 6.07 Å². The molecular weight excluding hydrogens is 396 g/mol. The Balaban J connectivity index is 1.90. The minimum absolute atomic E-state index is 0.321. The first-order valence-corrected chi connectivity index (χ1v) is 8.60. The second kappa shape index (κ2) is 8.35. The summed E-state index contributed by atoms with van der Waals surface area (Å²) in [5, 5.41) is 27.1. The Morgan fingerprint density at radius 1 is 0.900 bits per heavy atom. The number of carbonyl (C=O) groups is 3. The lowest BCUT2D eigenvalue weighted by atomic mass is 10.2. The summed E-state index contributed by atoms with van der Waals surface area (Å²) in [7, 11) is 0. The fourth-order valence-electron chi connectivity index (χ4n) is 2.85. The number of ether oxygens (including phenoxy) is 1. The first-order chi connectivity index (χ1) is 14.2. The van der Waals surface area contributed by atoms with Gasteiger partial charge in [0.1, 0.15) is 30.2 Å². The maximum atomic E-state index is 12.2. The van der Waals surface area contributed by atoms with Gasteiger partial charge in [-0.15, -0.1) is 0 Å². The lowest BCUT2D eigenvalue weighted by Crippen LogP contribution is -2.34. The normalized spacial score (nSPS) is 10.5. The molecule has 0 amide bonds. The number of carboxylic acid groups (broad SMARTS) is 3. The first kappa shape index (κ1) is 20.4. The van der Waals surface area contributed by atoms with Gasteiger partial charge in [-0.05, 0) is 30.3 Å². The summed E-state index contributed by atoms with van der Waals surface area (Å²) in [5.74, 6) is -3.01. The van der Waals surface area contributed by atoms with Crippen molar-refractivity contribution in [1.82, 2.24) is 4.40 Å². The van der Waals surface area contributed by atoms with Gasteiger partial charge in [-0.25, -0.2) is 4.79 Å². The molecule has 0 spiro atoms. The lowest BCUT2D eigenvalue weighted by Gasteiger charge is -2.21. The number of benzene rings is 1.